The summed E-state index contributed by atoms with van der Waals surface area (Å²) >= 11 is 0. The van der Waals surface area contributed by atoms with Gasteiger partial charge in [0, 0.05) is 6.42 Å². The number of quaternary nitrogens is 1. The van der Waals surface area contributed by atoms with E-state index in [-0.39, 0.29) is 12.4 Å². The smallest absolute Gasteiger partial charge is 0.130 e. The summed E-state index contributed by atoms with van der Waals surface area (Å²) in [6, 6.07) is 0. The summed E-state index contributed by atoms with van der Waals surface area (Å²) in [6.07, 6.45) is 2.32. The third-order valence-electron chi connectivity index (χ3n) is 2.56. The number of rotatable bonds is 5. The van der Waals surface area contributed by atoms with Crippen LogP contribution in [0.1, 0.15) is 6.42 Å². The first-order valence-corrected chi connectivity index (χ1v) is 4.71. The van der Waals surface area contributed by atoms with Crippen molar-refractivity contribution in [1.29, 1.82) is 0 Å². The van der Waals surface area contributed by atoms with E-state index in [1.165, 1.54) is 13.0 Å². The number of nitrogens with zero attached hydrogens (tertiary/aromatic N) is 1. The van der Waals surface area contributed by atoms with Gasteiger partial charge in [0.15, 0.2) is 0 Å². The molecule has 3 nitrogen and oxygen atoms in total. The number of epoxide rings is 2. The van der Waals surface area contributed by atoms with Gasteiger partial charge in [-0.05, 0) is 0 Å². The third-order valence-corrected chi connectivity index (χ3v) is 2.56. The van der Waals surface area contributed by atoms with Crippen molar-refractivity contribution in [3.63, 3.8) is 0 Å². The summed E-state index contributed by atoms with van der Waals surface area (Å²) < 4.78 is 11.5. The molecule has 2 saturated heterocycles. The van der Waals surface area contributed by atoms with Crippen LogP contribution < -0.4 is 12.4 Å². The molecular weight excluding hydrogens is 190 g/mol. The van der Waals surface area contributed by atoms with Crippen molar-refractivity contribution < 1.29 is 26.4 Å². The van der Waals surface area contributed by atoms with Crippen LogP contribution >= 0.6 is 0 Å². The molecule has 2 aliphatic heterocycles. The predicted molar refractivity (Wildman–Crippen MR) is 45.9 cm³/mol. The number of hydrogen-bond donors (Lipinski definition) is 0. The van der Waals surface area contributed by atoms with Crippen molar-refractivity contribution in [2.75, 3.05) is 40.4 Å². The molecule has 2 fully saturated rings. The van der Waals surface area contributed by atoms with Gasteiger partial charge in [0.2, 0.25) is 0 Å². The Hall–Kier alpha value is 0.170. The van der Waals surface area contributed by atoms with Crippen LogP contribution in [0.2, 0.25) is 0 Å². The van der Waals surface area contributed by atoms with Crippen molar-refractivity contribution in [3.8, 4) is 0 Å². The van der Waals surface area contributed by atoms with E-state index in [0.29, 0.717) is 12.2 Å². The summed E-state index contributed by atoms with van der Waals surface area (Å²) in [4.78, 5) is 0. The van der Waals surface area contributed by atoms with Gasteiger partial charge < -0.3 is 26.4 Å². The van der Waals surface area contributed by atoms with E-state index >= 15 is 0 Å². The number of likely N-dealkylation sites (N-methyl/N-ethyl adjacent to an activating group) is 1. The second-order valence-corrected chi connectivity index (χ2v) is 4.54. The molecule has 2 atom stereocenters. The molecule has 2 unspecified atom stereocenters. The second-order valence-electron chi connectivity index (χ2n) is 4.54. The van der Waals surface area contributed by atoms with Crippen LogP contribution in [0.3, 0.4) is 0 Å². The SMILES string of the molecule is C[N+](C)(CCC1CO1)CC1CO1.[Cl-]. The van der Waals surface area contributed by atoms with Crippen molar-refractivity contribution in [2.24, 2.45) is 0 Å². The normalized spacial score (nSPS) is 30.9. The van der Waals surface area contributed by atoms with Crippen molar-refractivity contribution in [3.05, 3.63) is 0 Å². The Morgan fingerprint density at radius 2 is 1.69 bits per heavy atom. The highest BCUT2D eigenvalue weighted by Gasteiger charge is 2.33. The molecule has 13 heavy (non-hydrogen) atoms. The molecular formula is C9H18ClNO2. The molecule has 0 amide bonds. The lowest BCUT2D eigenvalue weighted by Gasteiger charge is -2.28. The molecule has 0 spiro atoms. The highest BCUT2D eigenvalue weighted by Crippen LogP contribution is 2.18. The first-order chi connectivity index (χ1) is 5.66. The van der Waals surface area contributed by atoms with Crippen LogP contribution in [0.4, 0.5) is 0 Å². The van der Waals surface area contributed by atoms with Gasteiger partial charge in [-0.3, -0.25) is 0 Å². The van der Waals surface area contributed by atoms with Crippen LogP contribution in [0.25, 0.3) is 0 Å². The van der Waals surface area contributed by atoms with E-state index in [1.54, 1.807) is 0 Å². The highest BCUT2D eigenvalue weighted by molar-refractivity contribution is 4.70. The van der Waals surface area contributed by atoms with Crippen molar-refractivity contribution >= 4 is 0 Å². The molecule has 0 N–H and O–H groups in total. The molecule has 0 aromatic heterocycles. The van der Waals surface area contributed by atoms with E-state index in [2.05, 4.69) is 14.1 Å². The second kappa shape index (κ2) is 4.13. The van der Waals surface area contributed by atoms with Gasteiger partial charge in [-0.1, -0.05) is 0 Å². The van der Waals surface area contributed by atoms with E-state index < -0.39 is 0 Å². The molecule has 78 valence electrons. The third kappa shape index (κ3) is 4.27. The molecule has 0 aromatic rings. The summed E-state index contributed by atoms with van der Waals surface area (Å²) in [5.41, 5.74) is 0. The molecule has 2 aliphatic rings. The topological polar surface area (TPSA) is 25.1 Å². The van der Waals surface area contributed by atoms with Gasteiger partial charge in [0.1, 0.15) is 12.6 Å². The first-order valence-electron chi connectivity index (χ1n) is 4.71. The number of ether oxygens (including phenoxy) is 2. The highest BCUT2D eigenvalue weighted by atomic mass is 35.5. The standard InChI is InChI=1S/C9H18NO2.ClH/c1-10(2,5-9-7-12-9)4-3-8-6-11-8;/h8-9H,3-7H2,1-2H3;1H/q+1;/p-1. The van der Waals surface area contributed by atoms with Crippen LogP contribution in [0, 0.1) is 0 Å². The van der Waals surface area contributed by atoms with E-state index in [4.69, 9.17) is 9.47 Å². The minimum atomic E-state index is 0. The Labute approximate surface area is 86.0 Å². The zero-order chi connectivity index (χ0) is 8.60. The lowest BCUT2D eigenvalue weighted by molar-refractivity contribution is -0.891. The fourth-order valence-corrected chi connectivity index (χ4v) is 1.54. The molecule has 0 bridgehead atoms. The maximum atomic E-state index is 5.22. The van der Waals surface area contributed by atoms with Gasteiger partial charge in [-0.25, -0.2) is 0 Å². The molecule has 4 heteroatoms. The average Bonchev–Trinajstić information content (AvgIpc) is 2.78. The minimum absolute atomic E-state index is 0. The predicted octanol–water partition coefficient (Wildman–Crippen LogP) is -2.75. The quantitative estimate of drug-likeness (QED) is 0.361. The maximum absolute atomic E-state index is 5.22. The van der Waals surface area contributed by atoms with Crippen LogP contribution in [0.5, 0.6) is 0 Å². The summed E-state index contributed by atoms with van der Waals surface area (Å²) in [7, 11) is 4.54. The molecule has 0 radical (unpaired) electrons. The Morgan fingerprint density at radius 3 is 2.15 bits per heavy atom. The average molecular weight is 208 g/mol. The Balaban J connectivity index is 0.000000845. The van der Waals surface area contributed by atoms with Gasteiger partial charge in [0.05, 0.1) is 40.0 Å². The minimum Gasteiger partial charge on any atom is -1.00 e. The van der Waals surface area contributed by atoms with Gasteiger partial charge in [0.25, 0.3) is 0 Å². The van der Waals surface area contributed by atoms with Crippen LogP contribution in [0.15, 0.2) is 0 Å². The molecule has 0 aromatic carbocycles. The van der Waals surface area contributed by atoms with Gasteiger partial charge >= 0.3 is 0 Å². The maximum Gasteiger partial charge on any atom is 0.130 e. The largest absolute Gasteiger partial charge is 1.00 e. The van der Waals surface area contributed by atoms with E-state index in [0.717, 1.165) is 24.2 Å². The first kappa shape index (κ1) is 11.2. The van der Waals surface area contributed by atoms with Crippen molar-refractivity contribution in [1.82, 2.24) is 0 Å². The number of halogens is 1. The van der Waals surface area contributed by atoms with Crippen LogP contribution in [-0.2, 0) is 9.47 Å². The Morgan fingerprint density at radius 1 is 1.15 bits per heavy atom. The summed E-state index contributed by atoms with van der Waals surface area (Å²) in [5.74, 6) is 0. The number of hydrogen-bond acceptors (Lipinski definition) is 2. The van der Waals surface area contributed by atoms with Gasteiger partial charge in [-0.15, -0.1) is 0 Å². The molecule has 2 heterocycles. The Bertz CT molecular complexity index is 167. The van der Waals surface area contributed by atoms with Crippen LogP contribution in [-0.4, -0.2) is 57.1 Å². The molecule has 0 saturated carbocycles. The summed E-state index contributed by atoms with van der Waals surface area (Å²) in [5, 5.41) is 0. The monoisotopic (exact) mass is 207 g/mol. The molecule has 0 aliphatic carbocycles. The van der Waals surface area contributed by atoms with Crippen molar-refractivity contribution in [2.45, 2.75) is 18.6 Å². The Kier molecular flexibility index (Phi) is 3.57. The molecule has 2 rings (SSSR count). The fourth-order valence-electron chi connectivity index (χ4n) is 1.54. The lowest BCUT2D eigenvalue weighted by Crippen LogP contribution is -3.00. The lowest BCUT2D eigenvalue weighted by atomic mass is 10.2. The zero-order valence-electron chi connectivity index (χ0n) is 8.33. The zero-order valence-corrected chi connectivity index (χ0v) is 9.09. The van der Waals surface area contributed by atoms with E-state index in [9.17, 15) is 0 Å². The summed E-state index contributed by atoms with van der Waals surface area (Å²) in [6.45, 7) is 4.33. The van der Waals surface area contributed by atoms with E-state index in [1.807, 2.05) is 0 Å². The fraction of sp³-hybridized carbons (Fsp3) is 1.00. The van der Waals surface area contributed by atoms with Gasteiger partial charge in [-0.2, -0.15) is 0 Å².